The molecule has 2 aromatic rings. The van der Waals surface area contributed by atoms with E-state index in [4.69, 9.17) is 10.2 Å². The van der Waals surface area contributed by atoms with Crippen LogP contribution in [0.15, 0.2) is 22.6 Å². The van der Waals surface area contributed by atoms with Crippen LogP contribution in [0.4, 0.5) is 6.01 Å². The first-order chi connectivity index (χ1) is 7.20. The van der Waals surface area contributed by atoms with Crippen LogP contribution in [-0.4, -0.2) is 25.6 Å². The van der Waals surface area contributed by atoms with Gasteiger partial charge in [-0.25, -0.2) is 0 Å². The monoisotopic (exact) mass is 205 g/mol. The molecule has 0 saturated heterocycles. The van der Waals surface area contributed by atoms with Gasteiger partial charge >= 0.3 is 0 Å². The van der Waals surface area contributed by atoms with Crippen LogP contribution in [0.1, 0.15) is 5.56 Å². The first-order valence-corrected chi connectivity index (χ1v) is 4.97. The van der Waals surface area contributed by atoms with E-state index in [1.807, 2.05) is 37.2 Å². The lowest BCUT2D eigenvalue weighted by atomic mass is 10.1. The molecular formula is C11H15N3O. The molecule has 2 rings (SSSR count). The minimum absolute atomic E-state index is 0.634. The van der Waals surface area contributed by atoms with Crippen molar-refractivity contribution in [3.05, 3.63) is 23.8 Å². The summed E-state index contributed by atoms with van der Waals surface area (Å²) in [5, 5.41) is 0. The summed E-state index contributed by atoms with van der Waals surface area (Å²) < 4.78 is 5.55. The summed E-state index contributed by atoms with van der Waals surface area (Å²) in [4.78, 5) is 6.22. The largest absolute Gasteiger partial charge is 0.423 e. The third-order valence-corrected chi connectivity index (χ3v) is 2.26. The van der Waals surface area contributed by atoms with Gasteiger partial charge in [0.2, 0.25) is 0 Å². The Kier molecular flexibility index (Phi) is 2.60. The van der Waals surface area contributed by atoms with E-state index >= 15 is 0 Å². The highest BCUT2D eigenvalue weighted by Gasteiger charge is 2.07. The standard InChI is InChI=1S/C11H15N3O/c1-14(2)11-13-9-7-8(5-6-12)3-4-10(9)15-11/h3-4,7H,5-6,12H2,1-2H3. The van der Waals surface area contributed by atoms with Crippen molar-refractivity contribution in [2.75, 3.05) is 25.5 Å². The SMILES string of the molecule is CN(C)c1nc2cc(CCN)ccc2o1. The summed E-state index contributed by atoms with van der Waals surface area (Å²) in [5.74, 6) is 0. The molecule has 0 amide bonds. The Bertz CT molecular complexity index is 462. The molecule has 0 unspecified atom stereocenters. The van der Waals surface area contributed by atoms with Crippen LogP contribution in [0.3, 0.4) is 0 Å². The molecule has 1 aromatic heterocycles. The summed E-state index contributed by atoms with van der Waals surface area (Å²) in [7, 11) is 3.82. The molecular weight excluding hydrogens is 190 g/mol. The second-order valence-corrected chi connectivity index (χ2v) is 3.73. The van der Waals surface area contributed by atoms with Crippen LogP contribution in [-0.2, 0) is 6.42 Å². The lowest BCUT2D eigenvalue weighted by Gasteiger charge is -2.03. The molecule has 1 heterocycles. The minimum Gasteiger partial charge on any atom is -0.423 e. The topological polar surface area (TPSA) is 55.3 Å². The number of oxazole rings is 1. The van der Waals surface area contributed by atoms with Gasteiger partial charge < -0.3 is 15.1 Å². The minimum atomic E-state index is 0.634. The van der Waals surface area contributed by atoms with E-state index in [0.29, 0.717) is 12.6 Å². The van der Waals surface area contributed by atoms with E-state index in [1.165, 1.54) is 5.56 Å². The number of nitrogens with zero attached hydrogens (tertiary/aromatic N) is 2. The van der Waals surface area contributed by atoms with Gasteiger partial charge in [-0.3, -0.25) is 0 Å². The van der Waals surface area contributed by atoms with E-state index in [1.54, 1.807) is 0 Å². The Morgan fingerprint density at radius 2 is 2.20 bits per heavy atom. The highest BCUT2D eigenvalue weighted by molar-refractivity contribution is 5.75. The van der Waals surface area contributed by atoms with Gasteiger partial charge in [0.25, 0.3) is 6.01 Å². The molecule has 0 atom stereocenters. The fourth-order valence-electron chi connectivity index (χ4n) is 1.47. The van der Waals surface area contributed by atoms with Gasteiger partial charge in [0.05, 0.1) is 0 Å². The number of aromatic nitrogens is 1. The molecule has 0 aliphatic carbocycles. The molecule has 80 valence electrons. The average Bonchev–Trinajstić information content (AvgIpc) is 2.61. The van der Waals surface area contributed by atoms with E-state index in [9.17, 15) is 0 Å². The molecule has 0 bridgehead atoms. The predicted molar refractivity (Wildman–Crippen MR) is 61.1 cm³/mol. The molecule has 0 radical (unpaired) electrons. The van der Waals surface area contributed by atoms with Crippen LogP contribution in [0.25, 0.3) is 11.1 Å². The Balaban J connectivity index is 2.43. The Labute approximate surface area is 88.7 Å². The molecule has 0 saturated carbocycles. The molecule has 1 aromatic carbocycles. The van der Waals surface area contributed by atoms with Gasteiger partial charge in [0.15, 0.2) is 5.58 Å². The van der Waals surface area contributed by atoms with Crippen LogP contribution in [0.5, 0.6) is 0 Å². The zero-order valence-electron chi connectivity index (χ0n) is 9.03. The van der Waals surface area contributed by atoms with Gasteiger partial charge in [-0.15, -0.1) is 0 Å². The van der Waals surface area contributed by atoms with Crippen LogP contribution in [0, 0.1) is 0 Å². The highest BCUT2D eigenvalue weighted by atomic mass is 16.4. The van der Waals surface area contributed by atoms with Crippen molar-refractivity contribution >= 4 is 17.1 Å². The number of anilines is 1. The maximum atomic E-state index is 5.55. The maximum Gasteiger partial charge on any atom is 0.297 e. The predicted octanol–water partition coefficient (Wildman–Crippen LogP) is 1.39. The third-order valence-electron chi connectivity index (χ3n) is 2.26. The van der Waals surface area contributed by atoms with Gasteiger partial charge in [-0.2, -0.15) is 4.98 Å². The second-order valence-electron chi connectivity index (χ2n) is 3.73. The number of fused-ring (bicyclic) bond motifs is 1. The number of rotatable bonds is 3. The quantitative estimate of drug-likeness (QED) is 0.822. The maximum absolute atomic E-state index is 5.55. The smallest absolute Gasteiger partial charge is 0.297 e. The third kappa shape index (κ3) is 1.94. The molecule has 0 fully saturated rings. The van der Waals surface area contributed by atoms with Crippen molar-refractivity contribution in [3.8, 4) is 0 Å². The van der Waals surface area contributed by atoms with E-state index in [2.05, 4.69) is 4.98 Å². The van der Waals surface area contributed by atoms with Crippen LogP contribution < -0.4 is 10.6 Å². The number of nitrogens with two attached hydrogens (primary N) is 1. The molecule has 2 N–H and O–H groups in total. The molecule has 4 heteroatoms. The van der Waals surface area contributed by atoms with Crippen molar-refractivity contribution in [3.63, 3.8) is 0 Å². The summed E-state index contributed by atoms with van der Waals surface area (Å²) in [5.41, 5.74) is 8.42. The lowest BCUT2D eigenvalue weighted by Crippen LogP contribution is -2.08. The van der Waals surface area contributed by atoms with Crippen molar-refractivity contribution < 1.29 is 4.42 Å². The van der Waals surface area contributed by atoms with Gasteiger partial charge in [0, 0.05) is 14.1 Å². The summed E-state index contributed by atoms with van der Waals surface area (Å²) in [6.07, 6.45) is 0.875. The molecule has 0 aliphatic heterocycles. The first-order valence-electron chi connectivity index (χ1n) is 4.97. The summed E-state index contributed by atoms with van der Waals surface area (Å²) in [6, 6.07) is 6.63. The zero-order valence-corrected chi connectivity index (χ0v) is 9.03. The van der Waals surface area contributed by atoms with Crippen molar-refractivity contribution in [1.82, 2.24) is 4.98 Å². The van der Waals surface area contributed by atoms with E-state index in [0.717, 1.165) is 17.5 Å². The lowest BCUT2D eigenvalue weighted by molar-refractivity contribution is 0.596. The second kappa shape index (κ2) is 3.90. The van der Waals surface area contributed by atoms with E-state index in [-0.39, 0.29) is 0 Å². The van der Waals surface area contributed by atoms with E-state index < -0.39 is 0 Å². The summed E-state index contributed by atoms with van der Waals surface area (Å²) >= 11 is 0. The average molecular weight is 205 g/mol. The fraction of sp³-hybridized carbons (Fsp3) is 0.364. The van der Waals surface area contributed by atoms with Gasteiger partial charge in [0.1, 0.15) is 5.52 Å². The summed E-state index contributed by atoms with van der Waals surface area (Å²) in [6.45, 7) is 0.657. The first kappa shape index (κ1) is 9.98. The normalized spacial score (nSPS) is 10.9. The van der Waals surface area contributed by atoms with Crippen molar-refractivity contribution in [2.24, 2.45) is 5.73 Å². The molecule has 4 nitrogen and oxygen atoms in total. The molecule has 0 spiro atoms. The van der Waals surface area contributed by atoms with Gasteiger partial charge in [-0.05, 0) is 30.7 Å². The zero-order chi connectivity index (χ0) is 10.8. The Morgan fingerprint density at radius 1 is 1.40 bits per heavy atom. The van der Waals surface area contributed by atoms with Gasteiger partial charge in [-0.1, -0.05) is 6.07 Å². The number of hydrogen-bond donors (Lipinski definition) is 1. The van der Waals surface area contributed by atoms with Crippen LogP contribution in [0.2, 0.25) is 0 Å². The Morgan fingerprint density at radius 3 is 2.87 bits per heavy atom. The number of benzene rings is 1. The van der Waals surface area contributed by atoms with Crippen molar-refractivity contribution in [2.45, 2.75) is 6.42 Å². The van der Waals surface area contributed by atoms with Crippen molar-refractivity contribution in [1.29, 1.82) is 0 Å². The highest BCUT2D eigenvalue weighted by Crippen LogP contribution is 2.21. The van der Waals surface area contributed by atoms with Crippen LogP contribution >= 0.6 is 0 Å². The molecule has 15 heavy (non-hydrogen) atoms. The number of hydrogen-bond acceptors (Lipinski definition) is 4. The molecule has 0 aliphatic rings. The fourth-order valence-corrected chi connectivity index (χ4v) is 1.47. The Hall–Kier alpha value is -1.55.